The van der Waals surface area contributed by atoms with Crippen LogP contribution in [-0.4, -0.2) is 74.3 Å². The van der Waals surface area contributed by atoms with E-state index in [-0.39, 0.29) is 22.9 Å². The predicted molar refractivity (Wildman–Crippen MR) is 194 cm³/mol. The van der Waals surface area contributed by atoms with Crippen LogP contribution in [0.15, 0.2) is 53.3 Å². The Morgan fingerprint density at radius 2 is 1.73 bits per heavy atom. The van der Waals surface area contributed by atoms with Crippen molar-refractivity contribution in [2.24, 2.45) is 0 Å². The van der Waals surface area contributed by atoms with Crippen molar-refractivity contribution in [2.45, 2.75) is 56.7 Å². The lowest BCUT2D eigenvalue weighted by Gasteiger charge is -2.40. The number of piperidine rings is 1. The fourth-order valence-electron chi connectivity index (χ4n) is 6.87. The molecule has 0 radical (unpaired) electrons. The first-order chi connectivity index (χ1) is 23.5. The number of methoxy groups -OCH3 is 3. The molecule has 3 aromatic carbocycles. The normalized spacial score (nSPS) is 17.1. The lowest BCUT2D eigenvalue weighted by molar-refractivity contribution is -0.136. The van der Waals surface area contributed by atoms with Gasteiger partial charge in [-0.15, -0.1) is 0 Å². The minimum Gasteiger partial charge on any atom is -0.493 e. The molecule has 0 unspecified atom stereocenters. The number of rotatable bonds is 11. The lowest BCUT2D eigenvalue weighted by Crippen LogP contribution is -2.50. The van der Waals surface area contributed by atoms with Gasteiger partial charge in [0.15, 0.2) is 11.5 Å². The minimum absolute atomic E-state index is 0.125. The first kappa shape index (κ1) is 36.4. The molecule has 12 heteroatoms. The smallest absolute Gasteiger partial charge is 0.245 e. The number of carbonyl (C=O) groups excluding carboxylic acids is 2. The summed E-state index contributed by atoms with van der Waals surface area (Å²) in [6.07, 6.45) is 4.37. The Morgan fingerprint density at radius 3 is 2.35 bits per heavy atom. The molecule has 2 atom stereocenters. The van der Waals surface area contributed by atoms with Crippen LogP contribution in [0.25, 0.3) is 11.1 Å². The van der Waals surface area contributed by atoms with Gasteiger partial charge in [-0.3, -0.25) is 14.4 Å². The quantitative estimate of drug-likeness (QED) is 0.235. The standard InChI is InChI=1S/C37H44ClN3O7S/c1-22(42)39-28-12-6-23-20-32(46-2)34(47-3)35(48-4)33(23)26-11-13-29(31(43)21-27(26)28)40-30(14-19-49-5)36(44)41-17-15-37(45,16-18-41)24-7-9-25(38)10-8-24/h7-11,13,20-21,28,30,45H,6,12,14-19H2,1-5H3,(H,39,42)(H,40,43)/t28-,30-/m0/s1. The number of nitrogens with one attached hydrogen (secondary N) is 2. The SMILES string of the molecule is COc1cc2c(c(OC)c1OC)-c1ccc(N[C@@H](CCSC)C(=O)N3CCC(O)(c4ccc(Cl)cc4)CC3)c(=O)cc1[C@@H](NC(C)=O)CC2. The average molecular weight is 710 g/mol. The van der Waals surface area contributed by atoms with Crippen molar-refractivity contribution in [3.05, 3.63) is 80.5 Å². The van der Waals surface area contributed by atoms with Crippen molar-refractivity contribution in [1.82, 2.24) is 10.2 Å². The number of ether oxygens (including phenoxy) is 3. The van der Waals surface area contributed by atoms with Crippen LogP contribution < -0.4 is 30.3 Å². The van der Waals surface area contributed by atoms with Gasteiger partial charge < -0.3 is 34.9 Å². The molecule has 0 spiro atoms. The molecule has 10 nitrogen and oxygen atoms in total. The second-order valence-corrected chi connectivity index (χ2v) is 13.9. The molecule has 2 aliphatic rings. The Kier molecular flexibility index (Phi) is 11.7. The van der Waals surface area contributed by atoms with Crippen LogP contribution in [0.4, 0.5) is 5.69 Å². The number of anilines is 1. The van der Waals surface area contributed by atoms with Gasteiger partial charge >= 0.3 is 0 Å². The number of hydrogen-bond donors (Lipinski definition) is 3. The summed E-state index contributed by atoms with van der Waals surface area (Å²) >= 11 is 7.68. The highest BCUT2D eigenvalue weighted by molar-refractivity contribution is 7.98. The van der Waals surface area contributed by atoms with Crippen molar-refractivity contribution in [3.63, 3.8) is 0 Å². The Bertz CT molecular complexity index is 1750. The van der Waals surface area contributed by atoms with E-state index >= 15 is 0 Å². The number of amides is 2. The number of likely N-dealkylation sites (tertiary alicyclic amines) is 1. The zero-order valence-corrected chi connectivity index (χ0v) is 30.1. The molecule has 0 aromatic heterocycles. The predicted octanol–water partition coefficient (Wildman–Crippen LogP) is 5.56. The molecule has 0 bridgehead atoms. The minimum atomic E-state index is -1.05. The van der Waals surface area contributed by atoms with E-state index in [1.807, 2.05) is 30.5 Å². The molecule has 5 rings (SSSR count). The molecule has 0 saturated carbocycles. The molecule has 3 N–H and O–H groups in total. The molecule has 1 fully saturated rings. The molecule has 2 amide bonds. The van der Waals surface area contributed by atoms with Crippen LogP contribution in [-0.2, 0) is 21.6 Å². The number of hydrogen-bond acceptors (Lipinski definition) is 9. The van der Waals surface area contributed by atoms with Crippen molar-refractivity contribution >= 4 is 40.9 Å². The van der Waals surface area contributed by atoms with E-state index in [1.54, 1.807) is 62.3 Å². The van der Waals surface area contributed by atoms with E-state index in [0.29, 0.717) is 84.3 Å². The summed E-state index contributed by atoms with van der Waals surface area (Å²) in [6.45, 7) is 2.20. The van der Waals surface area contributed by atoms with Gasteiger partial charge in [0.1, 0.15) is 6.04 Å². The highest BCUT2D eigenvalue weighted by Gasteiger charge is 2.37. The molecule has 3 aromatic rings. The van der Waals surface area contributed by atoms with Gasteiger partial charge in [0.2, 0.25) is 23.0 Å². The number of aliphatic hydroxyl groups is 1. The van der Waals surface area contributed by atoms with Gasteiger partial charge in [0, 0.05) is 30.6 Å². The Labute approximate surface area is 296 Å². The molecular formula is C37H44ClN3O7S. The number of carbonyl (C=O) groups is 2. The van der Waals surface area contributed by atoms with Crippen molar-refractivity contribution in [3.8, 4) is 28.4 Å². The van der Waals surface area contributed by atoms with Crippen LogP contribution in [0.5, 0.6) is 17.2 Å². The highest BCUT2D eigenvalue weighted by Crippen LogP contribution is 2.50. The first-order valence-corrected chi connectivity index (χ1v) is 18.1. The zero-order chi connectivity index (χ0) is 35.3. The number of benzene rings is 2. The summed E-state index contributed by atoms with van der Waals surface area (Å²) in [5.74, 6) is 1.77. The van der Waals surface area contributed by atoms with Crippen LogP contribution in [0, 0.1) is 0 Å². The summed E-state index contributed by atoms with van der Waals surface area (Å²) in [5, 5.41) is 18.3. The van der Waals surface area contributed by atoms with Gasteiger partial charge in [-0.25, -0.2) is 0 Å². The Morgan fingerprint density at radius 1 is 1.04 bits per heavy atom. The molecule has 1 saturated heterocycles. The summed E-state index contributed by atoms with van der Waals surface area (Å²) in [4.78, 5) is 42.1. The molecule has 49 heavy (non-hydrogen) atoms. The second kappa shape index (κ2) is 15.7. The number of fused-ring (bicyclic) bond motifs is 3. The van der Waals surface area contributed by atoms with Crippen LogP contribution in [0.2, 0.25) is 5.02 Å². The first-order valence-electron chi connectivity index (χ1n) is 16.3. The van der Waals surface area contributed by atoms with Crippen molar-refractivity contribution in [2.75, 3.05) is 51.7 Å². The third kappa shape index (κ3) is 7.79. The lowest BCUT2D eigenvalue weighted by atomic mass is 9.84. The maximum atomic E-state index is 14.0. The number of thioether (sulfide) groups is 1. The third-order valence-corrected chi connectivity index (χ3v) is 10.3. The maximum Gasteiger partial charge on any atom is 0.245 e. The van der Waals surface area contributed by atoms with Gasteiger partial charge in [-0.2, -0.15) is 11.8 Å². The molecule has 1 aliphatic carbocycles. The zero-order valence-electron chi connectivity index (χ0n) is 28.6. The topological polar surface area (TPSA) is 126 Å². The maximum absolute atomic E-state index is 14.0. The van der Waals surface area contributed by atoms with E-state index in [9.17, 15) is 19.5 Å². The second-order valence-electron chi connectivity index (χ2n) is 12.4. The highest BCUT2D eigenvalue weighted by atomic mass is 35.5. The molecule has 1 aliphatic heterocycles. The summed E-state index contributed by atoms with van der Waals surface area (Å²) in [5.41, 5.74) is 2.71. The van der Waals surface area contributed by atoms with E-state index in [4.69, 9.17) is 25.8 Å². The molecule has 1 heterocycles. The Balaban J connectivity index is 1.50. The summed E-state index contributed by atoms with van der Waals surface area (Å²) < 4.78 is 17.2. The van der Waals surface area contributed by atoms with Crippen LogP contribution in [0.1, 0.15) is 55.3 Å². The van der Waals surface area contributed by atoms with Crippen molar-refractivity contribution in [1.29, 1.82) is 0 Å². The average Bonchev–Trinajstić information content (AvgIpc) is 3.33. The summed E-state index contributed by atoms with van der Waals surface area (Å²) in [6, 6.07) is 13.1. The fraction of sp³-hybridized carbons (Fsp3) is 0.432. The number of halogens is 1. The van der Waals surface area contributed by atoms with Gasteiger partial charge in [-0.1, -0.05) is 29.8 Å². The Hall–Kier alpha value is -3.93. The monoisotopic (exact) mass is 709 g/mol. The number of nitrogens with zero attached hydrogens (tertiary/aromatic N) is 1. The van der Waals surface area contributed by atoms with E-state index in [0.717, 1.165) is 16.7 Å². The summed E-state index contributed by atoms with van der Waals surface area (Å²) in [7, 11) is 4.66. The third-order valence-electron chi connectivity index (χ3n) is 9.44. The van der Waals surface area contributed by atoms with E-state index < -0.39 is 17.7 Å². The fourth-order valence-corrected chi connectivity index (χ4v) is 7.47. The molecule has 262 valence electrons. The van der Waals surface area contributed by atoms with Gasteiger partial charge in [-0.05, 0) is 96.7 Å². The molecular weight excluding hydrogens is 666 g/mol. The largest absolute Gasteiger partial charge is 0.493 e. The van der Waals surface area contributed by atoms with E-state index in [2.05, 4.69) is 10.6 Å². The van der Waals surface area contributed by atoms with Gasteiger partial charge in [0.25, 0.3) is 0 Å². The van der Waals surface area contributed by atoms with E-state index in [1.165, 1.54) is 6.92 Å². The van der Waals surface area contributed by atoms with Crippen LogP contribution in [0.3, 0.4) is 0 Å². The van der Waals surface area contributed by atoms with Crippen molar-refractivity contribution < 1.29 is 28.9 Å². The van der Waals surface area contributed by atoms with Gasteiger partial charge in [0.05, 0.1) is 38.7 Å². The van der Waals surface area contributed by atoms with Crippen LogP contribution >= 0.6 is 23.4 Å². The number of aryl methyl sites for hydroxylation is 1.